The Morgan fingerprint density at radius 1 is 1.13 bits per heavy atom. The molecule has 0 radical (unpaired) electrons. The number of piperidine rings is 2. The van der Waals surface area contributed by atoms with E-state index in [1.165, 1.54) is 0 Å². The van der Waals surface area contributed by atoms with Crippen LogP contribution in [0.1, 0.15) is 53.1 Å². The minimum absolute atomic E-state index is 0.00745. The molecule has 4 heterocycles. The first kappa shape index (κ1) is 21.6. The third-order valence-electron chi connectivity index (χ3n) is 6.59. The second-order valence-electron chi connectivity index (χ2n) is 8.78. The SMILES string of the molecule is Cc1cc(C)c(C(=O)N2CCC(N3CCC(C(=O)NCc4cccnc4)CC3)CC2)o1. The number of likely N-dealkylation sites (tertiary alicyclic amines) is 2. The molecule has 0 aromatic carbocycles. The second kappa shape index (κ2) is 9.64. The van der Waals surface area contributed by atoms with Crippen molar-refractivity contribution in [2.45, 2.75) is 52.1 Å². The summed E-state index contributed by atoms with van der Waals surface area (Å²) in [5.74, 6) is 1.50. The maximum Gasteiger partial charge on any atom is 0.289 e. The maximum absolute atomic E-state index is 12.8. The van der Waals surface area contributed by atoms with E-state index in [0.29, 0.717) is 18.3 Å². The van der Waals surface area contributed by atoms with Gasteiger partial charge in [-0.25, -0.2) is 0 Å². The highest BCUT2D eigenvalue weighted by Crippen LogP contribution is 2.25. The lowest BCUT2D eigenvalue weighted by Gasteiger charge is -2.41. The number of nitrogens with zero attached hydrogens (tertiary/aromatic N) is 3. The molecule has 2 saturated heterocycles. The van der Waals surface area contributed by atoms with Crippen LogP contribution in [-0.2, 0) is 11.3 Å². The molecular weight excluding hydrogens is 392 g/mol. The van der Waals surface area contributed by atoms with Gasteiger partial charge in [0.2, 0.25) is 5.91 Å². The fraction of sp³-hybridized carbons (Fsp3) is 0.542. The van der Waals surface area contributed by atoms with E-state index in [1.54, 1.807) is 12.4 Å². The summed E-state index contributed by atoms with van der Waals surface area (Å²) >= 11 is 0. The van der Waals surface area contributed by atoms with Crippen molar-refractivity contribution in [3.63, 3.8) is 0 Å². The van der Waals surface area contributed by atoms with Crippen LogP contribution in [0, 0.1) is 19.8 Å². The first-order chi connectivity index (χ1) is 15.0. The van der Waals surface area contributed by atoms with Gasteiger partial charge in [-0.3, -0.25) is 14.6 Å². The summed E-state index contributed by atoms with van der Waals surface area (Å²) in [6, 6.07) is 6.26. The predicted molar refractivity (Wildman–Crippen MR) is 117 cm³/mol. The molecule has 4 rings (SSSR count). The van der Waals surface area contributed by atoms with E-state index in [4.69, 9.17) is 4.42 Å². The zero-order valence-electron chi connectivity index (χ0n) is 18.5. The summed E-state index contributed by atoms with van der Waals surface area (Å²) in [4.78, 5) is 33.8. The Labute approximate surface area is 183 Å². The molecule has 2 aliphatic rings. The van der Waals surface area contributed by atoms with E-state index in [1.807, 2.05) is 36.9 Å². The highest BCUT2D eigenvalue weighted by molar-refractivity contribution is 5.93. The number of aromatic nitrogens is 1. The van der Waals surface area contributed by atoms with Crippen LogP contribution in [0.25, 0.3) is 0 Å². The van der Waals surface area contributed by atoms with Crippen LogP contribution in [0.4, 0.5) is 0 Å². The van der Waals surface area contributed by atoms with Gasteiger partial charge in [-0.15, -0.1) is 0 Å². The van der Waals surface area contributed by atoms with Crippen molar-refractivity contribution < 1.29 is 14.0 Å². The van der Waals surface area contributed by atoms with Crippen LogP contribution in [0.3, 0.4) is 0 Å². The molecule has 7 heteroatoms. The Bertz CT molecular complexity index is 895. The largest absolute Gasteiger partial charge is 0.456 e. The number of aryl methyl sites for hydroxylation is 2. The zero-order valence-corrected chi connectivity index (χ0v) is 18.5. The Morgan fingerprint density at radius 3 is 2.48 bits per heavy atom. The van der Waals surface area contributed by atoms with Gasteiger partial charge >= 0.3 is 0 Å². The van der Waals surface area contributed by atoms with Crippen LogP contribution in [0.5, 0.6) is 0 Å². The van der Waals surface area contributed by atoms with Crippen molar-refractivity contribution >= 4 is 11.8 Å². The molecular formula is C24H32N4O3. The number of rotatable bonds is 5. The summed E-state index contributed by atoms with van der Waals surface area (Å²) in [6.07, 6.45) is 7.26. The van der Waals surface area contributed by atoms with Crippen molar-refractivity contribution in [3.05, 3.63) is 53.2 Å². The van der Waals surface area contributed by atoms with Crippen molar-refractivity contribution in [1.82, 2.24) is 20.1 Å². The van der Waals surface area contributed by atoms with Gasteiger partial charge in [0.05, 0.1) is 0 Å². The van der Waals surface area contributed by atoms with Crippen LogP contribution in [-0.4, -0.2) is 58.8 Å². The molecule has 0 saturated carbocycles. The van der Waals surface area contributed by atoms with Crippen LogP contribution < -0.4 is 5.32 Å². The van der Waals surface area contributed by atoms with Crippen LogP contribution in [0.2, 0.25) is 0 Å². The summed E-state index contributed by atoms with van der Waals surface area (Å²) in [6.45, 7) is 7.74. The fourth-order valence-corrected chi connectivity index (χ4v) is 4.79. The molecule has 31 heavy (non-hydrogen) atoms. The number of nitrogens with one attached hydrogen (secondary N) is 1. The third-order valence-corrected chi connectivity index (χ3v) is 6.59. The number of furan rings is 1. The van der Waals surface area contributed by atoms with Gasteiger partial charge in [-0.1, -0.05) is 6.07 Å². The van der Waals surface area contributed by atoms with Gasteiger partial charge in [0, 0.05) is 49.6 Å². The first-order valence-electron chi connectivity index (χ1n) is 11.3. The average molecular weight is 425 g/mol. The number of pyridine rings is 1. The lowest BCUT2D eigenvalue weighted by molar-refractivity contribution is -0.126. The van der Waals surface area contributed by atoms with Gasteiger partial charge < -0.3 is 19.5 Å². The Balaban J connectivity index is 1.21. The molecule has 0 unspecified atom stereocenters. The number of hydrogen-bond acceptors (Lipinski definition) is 5. The minimum Gasteiger partial charge on any atom is -0.456 e. The van der Waals surface area contributed by atoms with Gasteiger partial charge in [0.1, 0.15) is 5.76 Å². The van der Waals surface area contributed by atoms with Crippen molar-refractivity contribution in [1.29, 1.82) is 0 Å². The maximum atomic E-state index is 12.8. The zero-order chi connectivity index (χ0) is 21.8. The summed E-state index contributed by atoms with van der Waals surface area (Å²) in [5.41, 5.74) is 1.93. The lowest BCUT2D eigenvalue weighted by Crippen LogP contribution is -2.50. The number of carbonyl (C=O) groups excluding carboxylic acids is 2. The van der Waals surface area contributed by atoms with Crippen molar-refractivity contribution in [2.75, 3.05) is 26.2 Å². The number of carbonyl (C=O) groups is 2. The molecule has 2 aromatic heterocycles. The van der Waals surface area contributed by atoms with E-state index >= 15 is 0 Å². The van der Waals surface area contributed by atoms with E-state index in [-0.39, 0.29) is 17.7 Å². The molecule has 0 bridgehead atoms. The molecule has 1 N–H and O–H groups in total. The van der Waals surface area contributed by atoms with Gasteiger partial charge in [-0.05, 0) is 70.3 Å². The van der Waals surface area contributed by atoms with Crippen LogP contribution in [0.15, 0.2) is 35.0 Å². The molecule has 2 aromatic rings. The Morgan fingerprint density at radius 2 is 1.87 bits per heavy atom. The molecule has 2 fully saturated rings. The van der Waals surface area contributed by atoms with Crippen molar-refractivity contribution in [3.8, 4) is 0 Å². The fourth-order valence-electron chi connectivity index (χ4n) is 4.79. The van der Waals surface area contributed by atoms with Gasteiger partial charge in [0.15, 0.2) is 5.76 Å². The summed E-state index contributed by atoms with van der Waals surface area (Å²) < 4.78 is 5.61. The molecule has 2 aliphatic heterocycles. The molecule has 0 spiro atoms. The highest BCUT2D eigenvalue weighted by atomic mass is 16.4. The first-order valence-corrected chi connectivity index (χ1v) is 11.3. The Hall–Kier alpha value is -2.67. The number of amides is 2. The molecule has 0 atom stereocenters. The van der Waals surface area contributed by atoms with Crippen LogP contribution >= 0.6 is 0 Å². The van der Waals surface area contributed by atoms with Gasteiger partial charge in [0.25, 0.3) is 5.91 Å². The quantitative estimate of drug-likeness (QED) is 0.798. The molecule has 2 amide bonds. The van der Waals surface area contributed by atoms with E-state index in [2.05, 4.69) is 15.2 Å². The molecule has 0 aliphatic carbocycles. The number of hydrogen-bond donors (Lipinski definition) is 1. The smallest absolute Gasteiger partial charge is 0.289 e. The summed E-state index contributed by atoms with van der Waals surface area (Å²) in [7, 11) is 0. The van der Waals surface area contributed by atoms with E-state index < -0.39 is 0 Å². The van der Waals surface area contributed by atoms with E-state index in [9.17, 15) is 9.59 Å². The standard InChI is InChI=1S/C24H32N4O3/c1-17-14-18(2)31-22(17)24(30)28-12-7-21(8-13-28)27-10-5-20(6-11-27)23(29)26-16-19-4-3-9-25-15-19/h3-4,9,14-15,20-21H,5-8,10-13,16H2,1-2H3,(H,26,29). The molecule has 7 nitrogen and oxygen atoms in total. The lowest BCUT2D eigenvalue weighted by atomic mass is 9.92. The average Bonchev–Trinajstić information content (AvgIpc) is 3.15. The van der Waals surface area contributed by atoms with E-state index in [0.717, 1.165) is 68.7 Å². The monoisotopic (exact) mass is 424 g/mol. The van der Waals surface area contributed by atoms with Crippen molar-refractivity contribution in [2.24, 2.45) is 5.92 Å². The minimum atomic E-state index is 0.00745. The normalized spacial score (nSPS) is 18.8. The highest BCUT2D eigenvalue weighted by Gasteiger charge is 2.32. The molecule has 166 valence electrons. The second-order valence-corrected chi connectivity index (χ2v) is 8.78. The summed E-state index contributed by atoms with van der Waals surface area (Å²) in [5, 5.41) is 3.05. The predicted octanol–water partition coefficient (Wildman–Crippen LogP) is 2.92. The Kier molecular flexibility index (Phi) is 6.70. The third kappa shape index (κ3) is 5.15. The van der Waals surface area contributed by atoms with Gasteiger partial charge in [-0.2, -0.15) is 0 Å². The topological polar surface area (TPSA) is 78.7 Å².